The maximum Gasteiger partial charge on any atom is 0.144 e. The molecule has 2 rings (SSSR count). The van der Waals surface area contributed by atoms with E-state index in [1.54, 1.807) is 19.4 Å². The van der Waals surface area contributed by atoms with Crippen LogP contribution in [-0.2, 0) is 11.5 Å². The van der Waals surface area contributed by atoms with E-state index in [0.29, 0.717) is 6.73 Å². The molecule has 0 spiro atoms. The lowest BCUT2D eigenvalue weighted by Gasteiger charge is -2.03. The molecule has 0 aliphatic heterocycles. The van der Waals surface area contributed by atoms with Crippen LogP contribution in [0.15, 0.2) is 18.3 Å². The van der Waals surface area contributed by atoms with E-state index in [2.05, 4.69) is 27.6 Å². The minimum Gasteiger partial charge on any atom is -0.364 e. The van der Waals surface area contributed by atoms with E-state index in [0.717, 1.165) is 19.8 Å². The summed E-state index contributed by atoms with van der Waals surface area (Å²) >= 11 is 8.28. The molecule has 0 bridgehead atoms. The highest BCUT2D eigenvalue weighted by Gasteiger charge is 2.09. The van der Waals surface area contributed by atoms with Crippen LogP contribution < -0.4 is 0 Å². The molecule has 14 heavy (non-hydrogen) atoms. The lowest BCUT2D eigenvalue weighted by atomic mass is 10.3. The average Bonchev–Trinajstić information content (AvgIpc) is 2.47. The van der Waals surface area contributed by atoms with E-state index >= 15 is 0 Å². The molecular weight excluding hydrogens is 314 g/mol. The summed E-state index contributed by atoms with van der Waals surface area (Å²) in [6, 6.07) is 3.79. The highest BCUT2D eigenvalue weighted by Crippen LogP contribution is 2.25. The molecule has 0 atom stereocenters. The van der Waals surface area contributed by atoms with Gasteiger partial charge in [-0.15, -0.1) is 0 Å². The zero-order chi connectivity index (χ0) is 10.1. The van der Waals surface area contributed by atoms with E-state index in [9.17, 15) is 0 Å². The standard InChI is InChI=1S/C9H8ClIN2O/c1-14-5-13-8(11)4-6-7(10)2-3-12-9(6)13/h2-4H,5H2,1H3. The summed E-state index contributed by atoms with van der Waals surface area (Å²) in [6.45, 7) is 0.495. The molecule has 2 aromatic rings. The van der Waals surface area contributed by atoms with E-state index in [4.69, 9.17) is 16.3 Å². The van der Waals surface area contributed by atoms with Crippen LogP contribution in [0.25, 0.3) is 11.0 Å². The molecular formula is C9H8ClIN2O. The summed E-state index contributed by atoms with van der Waals surface area (Å²) in [7, 11) is 1.66. The number of fused-ring (bicyclic) bond motifs is 1. The van der Waals surface area contributed by atoms with Crippen LogP contribution in [0.2, 0.25) is 5.02 Å². The fourth-order valence-electron chi connectivity index (χ4n) is 1.34. The number of halogens is 2. The van der Waals surface area contributed by atoms with Crippen molar-refractivity contribution in [2.75, 3.05) is 7.11 Å². The first-order valence-corrected chi connectivity index (χ1v) is 5.48. The number of pyridine rings is 1. The molecule has 2 heterocycles. The maximum absolute atomic E-state index is 6.05. The first-order chi connectivity index (χ1) is 6.74. The Hall–Kier alpha value is -0.330. The van der Waals surface area contributed by atoms with E-state index in [-0.39, 0.29) is 0 Å². The maximum atomic E-state index is 6.05. The fourth-order valence-corrected chi connectivity index (χ4v) is 2.21. The molecule has 0 fully saturated rings. The van der Waals surface area contributed by atoms with Gasteiger partial charge in [-0.25, -0.2) is 4.98 Å². The van der Waals surface area contributed by atoms with Gasteiger partial charge in [-0.3, -0.25) is 4.57 Å². The van der Waals surface area contributed by atoms with Gasteiger partial charge < -0.3 is 4.74 Å². The van der Waals surface area contributed by atoms with Crippen molar-refractivity contribution in [2.24, 2.45) is 0 Å². The predicted molar refractivity (Wildman–Crippen MR) is 64.5 cm³/mol. The number of aromatic nitrogens is 2. The Morgan fingerprint density at radius 1 is 1.64 bits per heavy atom. The molecule has 0 aliphatic rings. The molecule has 3 nitrogen and oxygen atoms in total. The predicted octanol–water partition coefficient (Wildman–Crippen LogP) is 2.90. The third-order valence-electron chi connectivity index (χ3n) is 1.95. The average molecular weight is 323 g/mol. The highest BCUT2D eigenvalue weighted by molar-refractivity contribution is 14.1. The van der Waals surface area contributed by atoms with Crippen LogP contribution in [0.1, 0.15) is 0 Å². The molecule has 0 radical (unpaired) electrons. The Labute approximate surface area is 100 Å². The van der Waals surface area contributed by atoms with Gasteiger partial charge in [0.1, 0.15) is 12.4 Å². The third kappa shape index (κ3) is 1.62. The van der Waals surface area contributed by atoms with Crippen LogP contribution in [0.3, 0.4) is 0 Å². The fraction of sp³-hybridized carbons (Fsp3) is 0.222. The minimum absolute atomic E-state index is 0.495. The van der Waals surface area contributed by atoms with Gasteiger partial charge in [-0.1, -0.05) is 11.6 Å². The summed E-state index contributed by atoms with van der Waals surface area (Å²) in [5, 5.41) is 1.69. The first-order valence-electron chi connectivity index (χ1n) is 4.02. The van der Waals surface area contributed by atoms with Crippen molar-refractivity contribution in [1.82, 2.24) is 9.55 Å². The van der Waals surface area contributed by atoms with Crippen molar-refractivity contribution < 1.29 is 4.74 Å². The SMILES string of the molecule is COCn1c(I)cc2c(Cl)ccnc21. The number of hydrogen-bond acceptors (Lipinski definition) is 2. The topological polar surface area (TPSA) is 27.1 Å². The van der Waals surface area contributed by atoms with E-state index < -0.39 is 0 Å². The number of ether oxygens (including phenoxy) is 1. The van der Waals surface area contributed by atoms with Gasteiger partial charge in [0.25, 0.3) is 0 Å². The Morgan fingerprint density at radius 2 is 2.43 bits per heavy atom. The molecule has 0 aromatic carbocycles. The van der Waals surface area contributed by atoms with Crippen LogP contribution in [0.5, 0.6) is 0 Å². The third-order valence-corrected chi connectivity index (χ3v) is 3.17. The molecule has 0 aliphatic carbocycles. The smallest absolute Gasteiger partial charge is 0.144 e. The minimum atomic E-state index is 0.495. The lowest BCUT2D eigenvalue weighted by Crippen LogP contribution is -2.02. The second kappa shape index (κ2) is 4.04. The van der Waals surface area contributed by atoms with Gasteiger partial charge >= 0.3 is 0 Å². The van der Waals surface area contributed by atoms with Crippen LogP contribution in [0.4, 0.5) is 0 Å². The molecule has 0 N–H and O–H groups in total. The zero-order valence-electron chi connectivity index (χ0n) is 7.50. The van der Waals surface area contributed by atoms with Gasteiger partial charge in [0, 0.05) is 18.7 Å². The van der Waals surface area contributed by atoms with Crippen LogP contribution >= 0.6 is 34.2 Å². The van der Waals surface area contributed by atoms with Crippen molar-refractivity contribution in [1.29, 1.82) is 0 Å². The van der Waals surface area contributed by atoms with Crippen molar-refractivity contribution in [3.8, 4) is 0 Å². The Morgan fingerprint density at radius 3 is 3.14 bits per heavy atom. The van der Waals surface area contributed by atoms with Gasteiger partial charge in [0.05, 0.1) is 8.72 Å². The Bertz CT molecular complexity index is 469. The highest BCUT2D eigenvalue weighted by atomic mass is 127. The zero-order valence-corrected chi connectivity index (χ0v) is 10.4. The van der Waals surface area contributed by atoms with Crippen molar-refractivity contribution >= 4 is 45.2 Å². The molecule has 2 aromatic heterocycles. The quantitative estimate of drug-likeness (QED) is 0.795. The van der Waals surface area contributed by atoms with Crippen LogP contribution in [-0.4, -0.2) is 16.7 Å². The summed E-state index contributed by atoms with van der Waals surface area (Å²) in [6.07, 6.45) is 1.70. The molecule has 0 saturated carbocycles. The van der Waals surface area contributed by atoms with Crippen molar-refractivity contribution in [3.63, 3.8) is 0 Å². The van der Waals surface area contributed by atoms with Gasteiger partial charge in [0.2, 0.25) is 0 Å². The molecule has 74 valence electrons. The summed E-state index contributed by atoms with van der Waals surface area (Å²) in [5.74, 6) is 0. The van der Waals surface area contributed by atoms with Crippen LogP contribution in [0, 0.1) is 3.70 Å². The van der Waals surface area contributed by atoms with Crippen molar-refractivity contribution in [2.45, 2.75) is 6.73 Å². The monoisotopic (exact) mass is 322 g/mol. The summed E-state index contributed by atoms with van der Waals surface area (Å²) < 4.78 is 8.13. The molecule has 0 saturated heterocycles. The Balaban J connectivity index is 2.70. The summed E-state index contributed by atoms with van der Waals surface area (Å²) in [4.78, 5) is 4.28. The second-order valence-electron chi connectivity index (χ2n) is 2.84. The second-order valence-corrected chi connectivity index (χ2v) is 4.36. The molecule has 0 unspecified atom stereocenters. The van der Waals surface area contributed by atoms with Gasteiger partial charge in [-0.05, 0) is 34.7 Å². The first kappa shape index (κ1) is 10.2. The molecule has 0 amide bonds. The number of nitrogens with zero attached hydrogens (tertiary/aromatic N) is 2. The van der Waals surface area contributed by atoms with E-state index in [1.807, 2.05) is 10.6 Å². The van der Waals surface area contributed by atoms with Gasteiger partial charge in [-0.2, -0.15) is 0 Å². The number of rotatable bonds is 2. The van der Waals surface area contributed by atoms with E-state index in [1.165, 1.54) is 0 Å². The number of hydrogen-bond donors (Lipinski definition) is 0. The lowest BCUT2D eigenvalue weighted by molar-refractivity contribution is 0.132. The summed E-state index contributed by atoms with van der Waals surface area (Å²) in [5.41, 5.74) is 0.865. The number of methoxy groups -OCH3 is 1. The van der Waals surface area contributed by atoms with Crippen molar-refractivity contribution in [3.05, 3.63) is 27.1 Å². The normalized spacial score (nSPS) is 11.1. The molecule has 5 heteroatoms. The Kier molecular flexibility index (Phi) is 2.94. The van der Waals surface area contributed by atoms with Gasteiger partial charge in [0.15, 0.2) is 0 Å². The largest absolute Gasteiger partial charge is 0.364 e.